The van der Waals surface area contributed by atoms with Gasteiger partial charge < -0.3 is 15.3 Å². The first-order valence-electron chi connectivity index (χ1n) is 11.5. The number of benzene rings is 2. The van der Waals surface area contributed by atoms with Crippen LogP contribution >= 0.6 is 11.3 Å². The zero-order valence-corrected chi connectivity index (χ0v) is 18.9. The molecule has 5 rings (SSSR count). The van der Waals surface area contributed by atoms with E-state index >= 15 is 0 Å². The Kier molecular flexibility index (Phi) is 5.98. The van der Waals surface area contributed by atoms with Crippen LogP contribution in [-0.4, -0.2) is 33.5 Å². The molecule has 0 radical (unpaired) electrons. The Morgan fingerprint density at radius 1 is 1.09 bits per heavy atom. The first-order valence-corrected chi connectivity index (χ1v) is 12.3. The number of aromatic nitrogens is 1. The molecule has 1 aliphatic carbocycles. The van der Waals surface area contributed by atoms with Gasteiger partial charge in [0.05, 0.1) is 11.8 Å². The van der Waals surface area contributed by atoms with Crippen molar-refractivity contribution < 1.29 is 9.90 Å². The summed E-state index contributed by atoms with van der Waals surface area (Å²) in [6, 6.07) is 20.2. The molecule has 1 aromatic heterocycles. The van der Waals surface area contributed by atoms with Gasteiger partial charge >= 0.3 is 0 Å². The molecule has 0 bridgehead atoms. The highest BCUT2D eigenvalue weighted by Crippen LogP contribution is 2.47. The van der Waals surface area contributed by atoms with E-state index in [1.54, 1.807) is 6.20 Å². The Hall–Kier alpha value is -2.70. The predicted octanol–water partition coefficient (Wildman–Crippen LogP) is 5.05. The fourth-order valence-electron chi connectivity index (χ4n) is 5.39. The summed E-state index contributed by atoms with van der Waals surface area (Å²) >= 11 is 1.41. The Morgan fingerprint density at radius 2 is 1.81 bits per heavy atom. The zero-order valence-electron chi connectivity index (χ0n) is 18.1. The van der Waals surface area contributed by atoms with Crippen molar-refractivity contribution in [2.75, 3.05) is 11.9 Å². The van der Waals surface area contributed by atoms with E-state index in [9.17, 15) is 9.90 Å². The second-order valence-electron chi connectivity index (χ2n) is 8.87. The summed E-state index contributed by atoms with van der Waals surface area (Å²) in [4.78, 5) is 20.6. The van der Waals surface area contributed by atoms with Crippen molar-refractivity contribution in [3.63, 3.8) is 0 Å². The number of likely N-dealkylation sites (tertiary alicyclic amines) is 1. The van der Waals surface area contributed by atoms with Gasteiger partial charge in [0.2, 0.25) is 0 Å². The molecule has 3 aromatic rings. The van der Waals surface area contributed by atoms with Crippen LogP contribution in [0.4, 0.5) is 5.13 Å². The van der Waals surface area contributed by atoms with Crippen LogP contribution in [0.5, 0.6) is 0 Å². The van der Waals surface area contributed by atoms with Crippen molar-refractivity contribution in [3.05, 3.63) is 82.9 Å². The van der Waals surface area contributed by atoms with Gasteiger partial charge in [-0.05, 0) is 30.4 Å². The molecular formula is C26H29N3O2S. The quantitative estimate of drug-likeness (QED) is 0.575. The molecule has 1 saturated heterocycles. The molecule has 3 atom stereocenters. The monoisotopic (exact) mass is 447 g/mol. The van der Waals surface area contributed by atoms with Crippen molar-refractivity contribution in [1.82, 2.24) is 9.88 Å². The summed E-state index contributed by atoms with van der Waals surface area (Å²) in [6.45, 7) is 1.25. The number of piperidine rings is 1. The van der Waals surface area contributed by atoms with Gasteiger partial charge in [-0.25, -0.2) is 4.98 Å². The zero-order chi connectivity index (χ0) is 22.0. The highest BCUT2D eigenvalue weighted by Gasteiger charge is 2.50. The maximum Gasteiger partial charge on any atom is 0.265 e. The lowest BCUT2D eigenvalue weighted by atomic mass is 9.66. The molecule has 5 nitrogen and oxygen atoms in total. The lowest BCUT2D eigenvalue weighted by Gasteiger charge is -2.52. The van der Waals surface area contributed by atoms with Gasteiger partial charge in [0, 0.05) is 25.0 Å². The van der Waals surface area contributed by atoms with Gasteiger partial charge in [0.25, 0.3) is 5.91 Å². The second-order valence-corrected chi connectivity index (χ2v) is 9.90. The van der Waals surface area contributed by atoms with Crippen molar-refractivity contribution in [1.29, 1.82) is 0 Å². The molecule has 2 N–H and O–H groups in total. The highest BCUT2D eigenvalue weighted by atomic mass is 32.1. The Balaban J connectivity index is 1.32. The highest BCUT2D eigenvalue weighted by molar-refractivity contribution is 7.17. The molecule has 166 valence electrons. The van der Waals surface area contributed by atoms with Crippen molar-refractivity contribution in [2.45, 2.75) is 50.3 Å². The molecule has 6 heteroatoms. The van der Waals surface area contributed by atoms with Gasteiger partial charge in [-0.15, -0.1) is 0 Å². The van der Waals surface area contributed by atoms with Crippen LogP contribution < -0.4 is 5.32 Å². The number of thiazole rings is 1. The van der Waals surface area contributed by atoms with Gasteiger partial charge in [0.15, 0.2) is 5.13 Å². The van der Waals surface area contributed by atoms with Gasteiger partial charge in [-0.1, -0.05) is 84.8 Å². The number of nitrogens with one attached hydrogen (secondary N) is 1. The third kappa shape index (κ3) is 4.05. The van der Waals surface area contributed by atoms with E-state index in [1.807, 2.05) is 53.4 Å². The first-order chi connectivity index (χ1) is 15.6. The van der Waals surface area contributed by atoms with E-state index in [0.717, 1.165) is 36.4 Å². The van der Waals surface area contributed by atoms with Gasteiger partial charge in [-0.3, -0.25) is 4.79 Å². The SMILES string of the molecule is O=C(c1cnc(NCc2ccccc2)s1)N1CCC(O)(c2ccccc2)[C@H]2CCCC[C@H]21. The minimum Gasteiger partial charge on any atom is -0.385 e. The van der Waals surface area contributed by atoms with Crippen LogP contribution in [0.25, 0.3) is 0 Å². The molecule has 32 heavy (non-hydrogen) atoms. The maximum atomic E-state index is 13.5. The number of carbonyl (C=O) groups is 1. The van der Waals surface area contributed by atoms with E-state index in [0.29, 0.717) is 24.4 Å². The van der Waals surface area contributed by atoms with Crippen LogP contribution in [-0.2, 0) is 12.1 Å². The molecule has 2 aliphatic rings. The number of anilines is 1. The number of amides is 1. The molecule has 2 aromatic carbocycles. The van der Waals surface area contributed by atoms with Crippen LogP contribution in [0.15, 0.2) is 66.9 Å². The Labute approximate surface area is 193 Å². The maximum absolute atomic E-state index is 13.5. The Bertz CT molecular complexity index is 1060. The largest absolute Gasteiger partial charge is 0.385 e. The van der Waals surface area contributed by atoms with Gasteiger partial charge in [0.1, 0.15) is 4.88 Å². The number of rotatable bonds is 5. The third-order valence-corrected chi connectivity index (χ3v) is 7.96. The Morgan fingerprint density at radius 3 is 2.59 bits per heavy atom. The normalized spacial score (nSPS) is 25.2. The molecule has 2 heterocycles. The lowest BCUT2D eigenvalue weighted by molar-refractivity contribution is -0.110. The van der Waals surface area contributed by atoms with Crippen molar-refractivity contribution in [2.24, 2.45) is 5.92 Å². The topological polar surface area (TPSA) is 65.5 Å². The third-order valence-electron chi connectivity index (χ3n) is 7.01. The summed E-state index contributed by atoms with van der Waals surface area (Å²) < 4.78 is 0. The molecular weight excluding hydrogens is 418 g/mol. The molecule has 1 amide bonds. The van der Waals surface area contributed by atoms with Crippen LogP contribution in [0.2, 0.25) is 0 Å². The van der Waals surface area contributed by atoms with E-state index in [1.165, 1.54) is 16.9 Å². The summed E-state index contributed by atoms with van der Waals surface area (Å²) in [5.41, 5.74) is 1.30. The lowest BCUT2D eigenvalue weighted by Crippen LogP contribution is -2.58. The number of carbonyl (C=O) groups excluding carboxylic acids is 1. The predicted molar refractivity (Wildman–Crippen MR) is 128 cm³/mol. The summed E-state index contributed by atoms with van der Waals surface area (Å²) in [6.07, 6.45) is 6.36. The number of hydrogen-bond donors (Lipinski definition) is 2. The van der Waals surface area contributed by atoms with E-state index < -0.39 is 5.60 Å². The van der Waals surface area contributed by atoms with E-state index in [-0.39, 0.29) is 17.9 Å². The molecule has 1 saturated carbocycles. The fraction of sp³-hybridized carbons (Fsp3) is 0.385. The van der Waals surface area contributed by atoms with Crippen molar-refractivity contribution in [3.8, 4) is 0 Å². The fourth-order valence-corrected chi connectivity index (χ4v) is 6.16. The van der Waals surface area contributed by atoms with Crippen LogP contribution in [0.1, 0.15) is 52.9 Å². The van der Waals surface area contributed by atoms with Crippen LogP contribution in [0, 0.1) is 5.92 Å². The number of hydrogen-bond acceptors (Lipinski definition) is 5. The van der Waals surface area contributed by atoms with Crippen molar-refractivity contribution >= 4 is 22.4 Å². The first kappa shape index (κ1) is 21.2. The second kappa shape index (κ2) is 9.04. The summed E-state index contributed by atoms with van der Waals surface area (Å²) in [5, 5.41) is 15.8. The van der Waals surface area contributed by atoms with Gasteiger partial charge in [-0.2, -0.15) is 0 Å². The van der Waals surface area contributed by atoms with E-state index in [4.69, 9.17) is 0 Å². The number of aliphatic hydroxyl groups is 1. The minimum atomic E-state index is -0.862. The minimum absolute atomic E-state index is 0.0438. The smallest absolute Gasteiger partial charge is 0.265 e. The average molecular weight is 448 g/mol. The molecule has 1 unspecified atom stereocenters. The standard InChI is InChI=1S/C26H29N3O2S/c30-24(23-18-28-25(32-23)27-17-19-9-3-1-4-10-19)29-16-15-26(31,20-11-5-2-6-12-20)21-13-7-8-14-22(21)29/h1-6,9-12,18,21-22,31H,7-8,13-17H2,(H,27,28)/t21-,22+,26?/m0/s1. The van der Waals surface area contributed by atoms with E-state index in [2.05, 4.69) is 22.4 Å². The molecule has 1 aliphatic heterocycles. The number of fused-ring (bicyclic) bond motifs is 1. The number of nitrogens with zero attached hydrogens (tertiary/aromatic N) is 2. The van der Waals surface area contributed by atoms with Crippen LogP contribution in [0.3, 0.4) is 0 Å². The molecule has 0 spiro atoms. The summed E-state index contributed by atoms with van der Waals surface area (Å²) in [5.74, 6) is 0.113. The average Bonchev–Trinajstić information content (AvgIpc) is 3.33. The molecule has 2 fully saturated rings. The summed E-state index contributed by atoms with van der Waals surface area (Å²) in [7, 11) is 0.